The molecule has 0 radical (unpaired) electrons. The van der Waals surface area contributed by atoms with Gasteiger partial charge < -0.3 is 4.90 Å². The molecule has 0 unspecified atom stereocenters. The number of rotatable bonds is 7. The van der Waals surface area contributed by atoms with Crippen LogP contribution in [0.1, 0.15) is 45.1 Å². The van der Waals surface area contributed by atoms with Gasteiger partial charge in [-0.15, -0.1) is 0 Å². The Balaban J connectivity index is 2.21. The van der Waals surface area contributed by atoms with Crippen LogP contribution in [0.5, 0.6) is 0 Å². The first-order valence-electron chi connectivity index (χ1n) is 7.36. The molecule has 1 heterocycles. The van der Waals surface area contributed by atoms with E-state index in [1.807, 2.05) is 11.3 Å². The van der Waals surface area contributed by atoms with Crippen molar-refractivity contribution in [1.29, 1.82) is 0 Å². The zero-order chi connectivity index (χ0) is 13.7. The van der Waals surface area contributed by atoms with Gasteiger partial charge in [-0.2, -0.15) is 0 Å². The van der Waals surface area contributed by atoms with E-state index >= 15 is 0 Å². The highest BCUT2D eigenvalue weighted by atomic mass is 32.1. The Morgan fingerprint density at radius 1 is 1.11 bits per heavy atom. The maximum Gasteiger partial charge on any atom is 0.186 e. The number of nitrogens with zero attached hydrogens (tertiary/aromatic N) is 2. The van der Waals surface area contributed by atoms with Crippen molar-refractivity contribution in [2.75, 3.05) is 18.0 Å². The number of benzene rings is 1. The summed E-state index contributed by atoms with van der Waals surface area (Å²) in [5.41, 5.74) is 2.46. The van der Waals surface area contributed by atoms with Crippen LogP contribution in [-0.2, 0) is 0 Å². The quantitative estimate of drug-likeness (QED) is 0.706. The fourth-order valence-electron chi connectivity index (χ4n) is 2.16. The average Bonchev–Trinajstić information content (AvgIpc) is 2.81. The first-order chi connectivity index (χ1) is 9.24. The van der Waals surface area contributed by atoms with E-state index in [1.54, 1.807) is 0 Å². The molecule has 0 fully saturated rings. The standard InChI is InChI=1S/C16H24N2S/c1-4-6-10-18(11-7-5-2)16-17-14-9-8-13(3)12-15(14)19-16/h8-9,12H,4-7,10-11H2,1-3H3. The molecule has 19 heavy (non-hydrogen) atoms. The van der Waals surface area contributed by atoms with Crippen molar-refractivity contribution in [2.45, 2.75) is 46.5 Å². The van der Waals surface area contributed by atoms with Gasteiger partial charge in [0.2, 0.25) is 0 Å². The van der Waals surface area contributed by atoms with Gasteiger partial charge in [0.25, 0.3) is 0 Å². The Kier molecular flexibility index (Phi) is 5.20. The Morgan fingerprint density at radius 3 is 2.42 bits per heavy atom. The van der Waals surface area contributed by atoms with Crippen molar-refractivity contribution < 1.29 is 0 Å². The lowest BCUT2D eigenvalue weighted by molar-refractivity contribution is 0.677. The second-order valence-electron chi connectivity index (χ2n) is 5.16. The van der Waals surface area contributed by atoms with Crippen LogP contribution in [0.4, 0.5) is 5.13 Å². The molecule has 0 aliphatic rings. The molecule has 0 spiro atoms. The summed E-state index contributed by atoms with van der Waals surface area (Å²) in [7, 11) is 0. The molecular formula is C16H24N2S. The highest BCUT2D eigenvalue weighted by Gasteiger charge is 2.11. The second kappa shape index (κ2) is 6.90. The van der Waals surface area contributed by atoms with E-state index in [1.165, 1.54) is 41.1 Å². The van der Waals surface area contributed by atoms with Crippen molar-refractivity contribution in [2.24, 2.45) is 0 Å². The van der Waals surface area contributed by atoms with Crippen LogP contribution in [0.25, 0.3) is 10.2 Å². The Bertz CT molecular complexity index is 510. The molecule has 0 amide bonds. The molecule has 2 nitrogen and oxygen atoms in total. The van der Waals surface area contributed by atoms with Crippen molar-refractivity contribution in [3.05, 3.63) is 23.8 Å². The van der Waals surface area contributed by atoms with Crippen LogP contribution in [0, 0.1) is 6.92 Å². The van der Waals surface area contributed by atoms with E-state index in [0.29, 0.717) is 0 Å². The van der Waals surface area contributed by atoms with Crippen molar-refractivity contribution >= 4 is 26.7 Å². The zero-order valence-corrected chi connectivity index (χ0v) is 13.1. The summed E-state index contributed by atoms with van der Waals surface area (Å²) in [6.45, 7) is 8.91. The van der Waals surface area contributed by atoms with Crippen molar-refractivity contribution in [3.63, 3.8) is 0 Å². The molecule has 0 atom stereocenters. The molecule has 3 heteroatoms. The number of hydrogen-bond acceptors (Lipinski definition) is 3. The lowest BCUT2D eigenvalue weighted by atomic mass is 10.2. The lowest BCUT2D eigenvalue weighted by Gasteiger charge is -2.21. The molecule has 0 aliphatic heterocycles. The fraction of sp³-hybridized carbons (Fsp3) is 0.562. The van der Waals surface area contributed by atoms with Gasteiger partial charge in [-0.05, 0) is 37.5 Å². The minimum Gasteiger partial charge on any atom is -0.348 e. The third-order valence-electron chi connectivity index (χ3n) is 3.37. The van der Waals surface area contributed by atoms with Crippen molar-refractivity contribution in [1.82, 2.24) is 4.98 Å². The average molecular weight is 276 g/mol. The summed E-state index contributed by atoms with van der Waals surface area (Å²) >= 11 is 1.84. The lowest BCUT2D eigenvalue weighted by Crippen LogP contribution is -2.25. The van der Waals surface area contributed by atoms with Gasteiger partial charge in [-0.25, -0.2) is 4.98 Å². The topological polar surface area (TPSA) is 16.1 Å². The number of thiazole rings is 1. The van der Waals surface area contributed by atoms with Gasteiger partial charge in [-0.1, -0.05) is 44.1 Å². The first-order valence-corrected chi connectivity index (χ1v) is 8.18. The molecule has 0 bridgehead atoms. The first kappa shape index (κ1) is 14.3. The monoisotopic (exact) mass is 276 g/mol. The number of anilines is 1. The molecule has 1 aromatic carbocycles. The maximum atomic E-state index is 4.80. The Morgan fingerprint density at radius 2 is 1.79 bits per heavy atom. The molecular weight excluding hydrogens is 252 g/mol. The van der Waals surface area contributed by atoms with Gasteiger partial charge in [0, 0.05) is 13.1 Å². The van der Waals surface area contributed by atoms with E-state index in [9.17, 15) is 0 Å². The summed E-state index contributed by atoms with van der Waals surface area (Å²) < 4.78 is 1.31. The largest absolute Gasteiger partial charge is 0.348 e. The van der Waals surface area contributed by atoms with Gasteiger partial charge in [0.1, 0.15) is 0 Å². The second-order valence-corrected chi connectivity index (χ2v) is 6.17. The minimum atomic E-state index is 1.13. The molecule has 2 aromatic rings. The number of hydrogen-bond donors (Lipinski definition) is 0. The maximum absolute atomic E-state index is 4.80. The van der Waals surface area contributed by atoms with Crippen LogP contribution >= 0.6 is 11.3 Å². The molecule has 1 aromatic heterocycles. The zero-order valence-electron chi connectivity index (χ0n) is 12.3. The highest BCUT2D eigenvalue weighted by molar-refractivity contribution is 7.22. The van der Waals surface area contributed by atoms with Crippen LogP contribution in [0.2, 0.25) is 0 Å². The predicted molar refractivity (Wildman–Crippen MR) is 86.4 cm³/mol. The van der Waals surface area contributed by atoms with Gasteiger partial charge in [0.05, 0.1) is 10.2 Å². The van der Waals surface area contributed by atoms with Gasteiger partial charge in [-0.3, -0.25) is 0 Å². The summed E-state index contributed by atoms with van der Waals surface area (Å²) in [6, 6.07) is 6.53. The normalized spacial score (nSPS) is 11.1. The molecule has 2 rings (SSSR count). The van der Waals surface area contributed by atoms with Crippen LogP contribution in [0.15, 0.2) is 18.2 Å². The number of fused-ring (bicyclic) bond motifs is 1. The summed E-state index contributed by atoms with van der Waals surface area (Å²) in [4.78, 5) is 7.27. The highest BCUT2D eigenvalue weighted by Crippen LogP contribution is 2.29. The fourth-order valence-corrected chi connectivity index (χ4v) is 3.27. The molecule has 0 saturated carbocycles. The molecule has 0 N–H and O–H groups in total. The summed E-state index contributed by atoms with van der Waals surface area (Å²) in [6.07, 6.45) is 4.98. The van der Waals surface area contributed by atoms with Crippen LogP contribution in [-0.4, -0.2) is 18.1 Å². The van der Waals surface area contributed by atoms with E-state index in [2.05, 4.69) is 43.9 Å². The van der Waals surface area contributed by atoms with E-state index < -0.39 is 0 Å². The summed E-state index contributed by atoms with van der Waals surface area (Å²) in [5, 5.41) is 1.20. The van der Waals surface area contributed by atoms with E-state index in [0.717, 1.165) is 18.6 Å². The third-order valence-corrected chi connectivity index (χ3v) is 4.45. The van der Waals surface area contributed by atoms with Crippen molar-refractivity contribution in [3.8, 4) is 0 Å². The molecule has 104 valence electrons. The number of unbranched alkanes of at least 4 members (excludes halogenated alkanes) is 2. The molecule has 0 saturated heterocycles. The SMILES string of the molecule is CCCCN(CCCC)c1nc2ccc(C)cc2s1. The smallest absolute Gasteiger partial charge is 0.186 e. The summed E-state index contributed by atoms with van der Waals surface area (Å²) in [5.74, 6) is 0. The van der Waals surface area contributed by atoms with Crippen LogP contribution < -0.4 is 4.90 Å². The Labute approximate surface area is 120 Å². The van der Waals surface area contributed by atoms with Gasteiger partial charge >= 0.3 is 0 Å². The van der Waals surface area contributed by atoms with Gasteiger partial charge in [0.15, 0.2) is 5.13 Å². The van der Waals surface area contributed by atoms with E-state index in [4.69, 9.17) is 4.98 Å². The third kappa shape index (κ3) is 3.69. The number of aryl methyl sites for hydroxylation is 1. The minimum absolute atomic E-state index is 1.13. The van der Waals surface area contributed by atoms with E-state index in [-0.39, 0.29) is 0 Å². The number of aromatic nitrogens is 1. The van der Waals surface area contributed by atoms with Crippen LogP contribution in [0.3, 0.4) is 0 Å². The molecule has 0 aliphatic carbocycles. The predicted octanol–water partition coefficient (Wildman–Crippen LogP) is 5.01. The Hall–Kier alpha value is -1.09.